The van der Waals surface area contributed by atoms with Gasteiger partial charge in [-0.25, -0.2) is 0 Å². The fraction of sp³-hybridized carbons (Fsp3) is 1.00. The van der Waals surface area contributed by atoms with Crippen molar-refractivity contribution in [2.45, 2.75) is 44.6 Å². The normalized spacial score (nSPS) is 27.6. The zero-order valence-electron chi connectivity index (χ0n) is 10.3. The van der Waals surface area contributed by atoms with E-state index in [0.717, 1.165) is 32.1 Å². The van der Waals surface area contributed by atoms with E-state index >= 15 is 0 Å². The van der Waals surface area contributed by atoms with Crippen LogP contribution in [0.25, 0.3) is 0 Å². The number of hydrogen-bond donors (Lipinski definition) is 2. The number of hydrogen-bond acceptors (Lipinski definition) is 3. The SMILES string of the molecule is OCC(C1CCCCCC1)N1CCNCC1. The maximum atomic E-state index is 9.66. The van der Waals surface area contributed by atoms with Gasteiger partial charge >= 0.3 is 0 Å². The van der Waals surface area contributed by atoms with E-state index in [4.69, 9.17) is 0 Å². The zero-order chi connectivity index (χ0) is 11.2. The Kier molecular flexibility index (Phi) is 5.07. The van der Waals surface area contributed by atoms with Crippen molar-refractivity contribution in [2.24, 2.45) is 5.92 Å². The summed E-state index contributed by atoms with van der Waals surface area (Å²) in [4.78, 5) is 2.51. The van der Waals surface area contributed by atoms with Gasteiger partial charge in [0.2, 0.25) is 0 Å². The van der Waals surface area contributed by atoms with Crippen LogP contribution in [0.1, 0.15) is 38.5 Å². The Morgan fingerprint density at radius 3 is 2.25 bits per heavy atom. The molecule has 0 radical (unpaired) electrons. The Hall–Kier alpha value is -0.120. The zero-order valence-corrected chi connectivity index (χ0v) is 10.3. The Morgan fingerprint density at radius 1 is 1.06 bits per heavy atom. The molecule has 2 aliphatic rings. The van der Waals surface area contributed by atoms with Crippen LogP contribution in [0, 0.1) is 5.92 Å². The number of nitrogens with zero attached hydrogens (tertiary/aromatic N) is 1. The van der Waals surface area contributed by atoms with Crippen LogP contribution >= 0.6 is 0 Å². The van der Waals surface area contributed by atoms with E-state index in [-0.39, 0.29) is 0 Å². The molecule has 2 fully saturated rings. The van der Waals surface area contributed by atoms with E-state index in [0.29, 0.717) is 12.6 Å². The standard InChI is InChI=1S/C13H26N2O/c16-11-13(15-9-7-14-8-10-15)12-5-3-1-2-4-6-12/h12-14,16H,1-11H2. The minimum atomic E-state index is 0.352. The van der Waals surface area contributed by atoms with Gasteiger partial charge in [0.1, 0.15) is 0 Å². The minimum Gasteiger partial charge on any atom is -0.395 e. The molecule has 0 aromatic rings. The summed E-state index contributed by atoms with van der Waals surface area (Å²) in [7, 11) is 0. The topological polar surface area (TPSA) is 35.5 Å². The maximum Gasteiger partial charge on any atom is 0.0589 e. The number of aliphatic hydroxyl groups is 1. The highest BCUT2D eigenvalue weighted by Gasteiger charge is 2.28. The molecule has 0 amide bonds. The molecule has 1 aliphatic carbocycles. The summed E-state index contributed by atoms with van der Waals surface area (Å²) in [6.45, 7) is 4.75. The van der Waals surface area contributed by atoms with E-state index in [9.17, 15) is 5.11 Å². The first-order valence-electron chi connectivity index (χ1n) is 6.97. The van der Waals surface area contributed by atoms with Gasteiger partial charge in [0.25, 0.3) is 0 Å². The highest BCUT2D eigenvalue weighted by atomic mass is 16.3. The smallest absolute Gasteiger partial charge is 0.0589 e. The van der Waals surface area contributed by atoms with Crippen LogP contribution in [-0.4, -0.2) is 48.8 Å². The van der Waals surface area contributed by atoms with Crippen molar-refractivity contribution in [3.8, 4) is 0 Å². The molecule has 1 saturated heterocycles. The summed E-state index contributed by atoms with van der Waals surface area (Å²) in [6, 6.07) is 0.431. The Morgan fingerprint density at radius 2 is 1.69 bits per heavy atom. The van der Waals surface area contributed by atoms with E-state index in [1.807, 2.05) is 0 Å². The molecule has 1 saturated carbocycles. The quantitative estimate of drug-likeness (QED) is 0.710. The van der Waals surface area contributed by atoms with Crippen molar-refractivity contribution in [1.29, 1.82) is 0 Å². The van der Waals surface area contributed by atoms with Crippen molar-refractivity contribution < 1.29 is 5.11 Å². The lowest BCUT2D eigenvalue weighted by molar-refractivity contribution is 0.0643. The van der Waals surface area contributed by atoms with E-state index in [1.165, 1.54) is 38.5 Å². The highest BCUT2D eigenvalue weighted by Crippen LogP contribution is 2.28. The van der Waals surface area contributed by atoms with Crippen LogP contribution in [0.15, 0.2) is 0 Å². The Bertz CT molecular complexity index is 184. The summed E-state index contributed by atoms with van der Waals surface area (Å²) in [5, 5.41) is 13.0. The monoisotopic (exact) mass is 226 g/mol. The lowest BCUT2D eigenvalue weighted by Crippen LogP contribution is -2.52. The molecule has 3 heteroatoms. The summed E-state index contributed by atoms with van der Waals surface area (Å²) >= 11 is 0. The number of rotatable bonds is 3. The van der Waals surface area contributed by atoms with Crippen molar-refractivity contribution >= 4 is 0 Å². The molecular weight excluding hydrogens is 200 g/mol. The first-order valence-corrected chi connectivity index (χ1v) is 6.97. The van der Waals surface area contributed by atoms with E-state index in [1.54, 1.807) is 0 Å². The largest absolute Gasteiger partial charge is 0.395 e. The van der Waals surface area contributed by atoms with Crippen LogP contribution < -0.4 is 5.32 Å². The molecule has 0 aromatic heterocycles. The molecule has 16 heavy (non-hydrogen) atoms. The van der Waals surface area contributed by atoms with Crippen LogP contribution in [0.2, 0.25) is 0 Å². The fourth-order valence-corrected chi connectivity index (χ4v) is 3.27. The molecule has 1 aliphatic heterocycles. The molecule has 0 spiro atoms. The molecule has 1 atom stereocenters. The van der Waals surface area contributed by atoms with Crippen molar-refractivity contribution in [3.05, 3.63) is 0 Å². The Labute approximate surface area is 99.2 Å². The second-order valence-corrected chi connectivity index (χ2v) is 5.29. The third-order valence-corrected chi connectivity index (χ3v) is 4.25. The van der Waals surface area contributed by atoms with Gasteiger partial charge in [-0.2, -0.15) is 0 Å². The maximum absolute atomic E-state index is 9.66. The van der Waals surface area contributed by atoms with Gasteiger partial charge in [-0.3, -0.25) is 4.90 Å². The van der Waals surface area contributed by atoms with Crippen molar-refractivity contribution in [3.63, 3.8) is 0 Å². The molecule has 1 heterocycles. The average Bonchev–Trinajstić information content (AvgIpc) is 2.61. The fourth-order valence-electron chi connectivity index (χ4n) is 3.27. The summed E-state index contributed by atoms with van der Waals surface area (Å²) in [5.41, 5.74) is 0. The third-order valence-electron chi connectivity index (χ3n) is 4.25. The van der Waals surface area contributed by atoms with Gasteiger partial charge in [-0.1, -0.05) is 25.7 Å². The second kappa shape index (κ2) is 6.58. The van der Waals surface area contributed by atoms with Gasteiger partial charge in [-0.05, 0) is 18.8 Å². The first kappa shape index (κ1) is 12.3. The molecule has 2 N–H and O–H groups in total. The highest BCUT2D eigenvalue weighted by molar-refractivity contribution is 4.83. The minimum absolute atomic E-state index is 0.352. The third kappa shape index (κ3) is 3.19. The molecular formula is C13H26N2O. The summed E-state index contributed by atoms with van der Waals surface area (Å²) < 4.78 is 0. The first-order chi connectivity index (χ1) is 7.92. The van der Waals surface area contributed by atoms with Gasteiger partial charge in [0.05, 0.1) is 6.61 Å². The molecule has 0 aromatic carbocycles. The average molecular weight is 226 g/mol. The predicted molar refractivity (Wildman–Crippen MR) is 66.5 cm³/mol. The van der Waals surface area contributed by atoms with Crippen molar-refractivity contribution in [1.82, 2.24) is 10.2 Å². The van der Waals surface area contributed by atoms with Crippen LogP contribution in [0.5, 0.6) is 0 Å². The molecule has 3 nitrogen and oxygen atoms in total. The predicted octanol–water partition coefficient (Wildman–Crippen LogP) is 1.22. The lowest BCUT2D eigenvalue weighted by Gasteiger charge is -2.38. The van der Waals surface area contributed by atoms with Crippen LogP contribution in [-0.2, 0) is 0 Å². The number of piperazine rings is 1. The van der Waals surface area contributed by atoms with E-state index in [2.05, 4.69) is 10.2 Å². The Balaban J connectivity index is 1.90. The van der Waals surface area contributed by atoms with Crippen molar-refractivity contribution in [2.75, 3.05) is 32.8 Å². The molecule has 2 rings (SSSR count). The van der Waals surface area contributed by atoms with Gasteiger partial charge < -0.3 is 10.4 Å². The van der Waals surface area contributed by atoms with Gasteiger partial charge in [0.15, 0.2) is 0 Å². The summed E-state index contributed by atoms with van der Waals surface area (Å²) in [5.74, 6) is 0.741. The van der Waals surface area contributed by atoms with Crippen LogP contribution in [0.4, 0.5) is 0 Å². The van der Waals surface area contributed by atoms with Gasteiger partial charge in [0, 0.05) is 32.2 Å². The molecule has 94 valence electrons. The summed E-state index contributed by atoms with van der Waals surface area (Å²) in [6.07, 6.45) is 8.19. The molecule has 1 unspecified atom stereocenters. The number of nitrogens with one attached hydrogen (secondary N) is 1. The van der Waals surface area contributed by atoms with Gasteiger partial charge in [-0.15, -0.1) is 0 Å². The van der Waals surface area contributed by atoms with E-state index < -0.39 is 0 Å². The second-order valence-electron chi connectivity index (χ2n) is 5.29. The van der Waals surface area contributed by atoms with Crippen LogP contribution in [0.3, 0.4) is 0 Å². The number of aliphatic hydroxyl groups excluding tert-OH is 1. The lowest BCUT2D eigenvalue weighted by atomic mass is 9.91. The molecule has 0 bridgehead atoms.